The maximum absolute atomic E-state index is 6.82. The Morgan fingerprint density at radius 1 is 0.514 bits per heavy atom. The number of rotatable bonds is 2. The minimum atomic E-state index is -3.60. The Bertz CT molecular complexity index is 2020. The van der Waals surface area contributed by atoms with Gasteiger partial charge in [-0.2, -0.15) is 0 Å². The Balaban J connectivity index is 2.05. The molecule has 0 heterocycles. The first kappa shape index (κ1) is 24.4. The quantitative estimate of drug-likeness (QED) is 0.0587. The highest BCUT2D eigenvalue weighted by atomic mass is 79.9. The van der Waals surface area contributed by atoms with Crippen molar-refractivity contribution in [3.05, 3.63) is 51.4 Å². The van der Waals surface area contributed by atoms with Crippen molar-refractivity contribution in [3.63, 3.8) is 0 Å². The molecule has 0 unspecified atom stereocenters. The van der Waals surface area contributed by atoms with E-state index in [9.17, 15) is 0 Å². The summed E-state index contributed by atoms with van der Waals surface area (Å²) in [4.78, 5) is 0.700. The monoisotopic (exact) mass is 752 g/mol. The summed E-state index contributed by atoms with van der Waals surface area (Å²) in [5.74, 6) is 0. The van der Waals surface area contributed by atoms with Crippen LogP contribution in [0.15, 0.2) is 56.3 Å². The first-order valence-electron chi connectivity index (χ1n) is 10.3. The van der Waals surface area contributed by atoms with Gasteiger partial charge in [-0.05, 0) is 108 Å². The number of hydrogen-bond acceptors (Lipinski definition) is 1. The second-order valence-corrected chi connectivity index (χ2v) is 27.4. The lowest BCUT2D eigenvalue weighted by molar-refractivity contribution is 1.63. The molecule has 0 atom stereocenters. The van der Waals surface area contributed by atoms with Gasteiger partial charge in [-0.1, -0.05) is 36.4 Å². The Morgan fingerprint density at radius 3 is 1.57 bits per heavy atom. The van der Waals surface area contributed by atoms with E-state index in [1.165, 1.54) is 10.8 Å². The van der Waals surface area contributed by atoms with Crippen LogP contribution in [0.1, 0.15) is 0 Å². The van der Waals surface area contributed by atoms with Crippen molar-refractivity contribution in [1.82, 2.24) is 0 Å². The zero-order chi connectivity index (χ0) is 24.8. The summed E-state index contributed by atoms with van der Waals surface area (Å²) < 4.78 is 1.65. The van der Waals surface area contributed by atoms with E-state index in [0.29, 0.717) is 15.3 Å². The third kappa shape index (κ3) is 3.12. The Labute approximate surface area is 251 Å². The molecule has 0 aliphatic rings. The molecule has 0 amide bonds. The summed E-state index contributed by atoms with van der Waals surface area (Å²) in [6.45, 7) is 0. The molecule has 0 aliphatic carbocycles. The highest BCUT2D eigenvalue weighted by Crippen LogP contribution is 2.53. The molecule has 0 N–H and O–H groups in total. The molecule has 0 saturated heterocycles. The van der Waals surface area contributed by atoms with Gasteiger partial charge in [0.15, 0.2) is 0 Å². The first-order valence-corrected chi connectivity index (χ1v) is 22.4. The smallest absolute Gasteiger partial charge is 0.143 e. The lowest BCUT2D eigenvalue weighted by Gasteiger charge is -2.29. The van der Waals surface area contributed by atoms with Crippen molar-refractivity contribution in [3.8, 4) is 0 Å². The van der Waals surface area contributed by atoms with Gasteiger partial charge in [-0.3, -0.25) is 0 Å². The molecule has 7 rings (SSSR count). The number of thiol groups is 1. The molecule has 174 valence electrons. The standard InChI is InChI=1S/C24H8Br2Cl6SSi2/c25-21-11-6-5-9-2-1-8-3-4-10-7-12(33)17-18-15(10)13(8)14(9)16(11)19(18)20(22(21)26)24(35(30,31)32)23(17)34(27,28)29/h1-7,33H. The maximum Gasteiger partial charge on any atom is 0.373 e. The molecular formula is C24H8Br2Cl6SSi2. The van der Waals surface area contributed by atoms with E-state index in [1.54, 1.807) is 0 Å². The van der Waals surface area contributed by atoms with E-state index in [1.807, 2.05) is 6.07 Å². The first-order chi connectivity index (χ1) is 16.4. The van der Waals surface area contributed by atoms with Crippen LogP contribution in [0.5, 0.6) is 0 Å². The molecule has 0 aromatic heterocycles. The second kappa shape index (κ2) is 7.73. The molecule has 35 heavy (non-hydrogen) atoms. The summed E-state index contributed by atoms with van der Waals surface area (Å²) in [7, 11) is 0. The van der Waals surface area contributed by atoms with Crippen molar-refractivity contribution in [1.29, 1.82) is 0 Å². The topological polar surface area (TPSA) is 0 Å². The third-order valence-corrected chi connectivity index (χ3v) is 15.3. The van der Waals surface area contributed by atoms with Crippen LogP contribution in [0.2, 0.25) is 0 Å². The molecule has 11 heteroatoms. The van der Waals surface area contributed by atoms with Gasteiger partial charge in [0.05, 0.1) is 0 Å². The maximum atomic E-state index is 6.82. The van der Waals surface area contributed by atoms with Crippen molar-refractivity contribution in [2.24, 2.45) is 0 Å². The van der Waals surface area contributed by atoms with Crippen molar-refractivity contribution < 1.29 is 0 Å². The average Bonchev–Trinajstić information content (AvgIpc) is 2.78. The SMILES string of the molecule is Sc1cc2ccc3ccc4ccc5c(Br)c(Br)c6c([Si](Cl)(Cl)Cl)c([Si](Cl)(Cl)Cl)c1c1c2c3c4c5c61. The Morgan fingerprint density at radius 2 is 0.971 bits per heavy atom. The zero-order valence-corrected chi connectivity index (χ0v) is 27.6. The number of halogens is 8. The number of hydrogen-bond donors (Lipinski definition) is 1. The van der Waals surface area contributed by atoms with E-state index in [-0.39, 0.29) is 0 Å². The minimum Gasteiger partial charge on any atom is -0.143 e. The van der Waals surface area contributed by atoms with Gasteiger partial charge in [0, 0.05) is 19.2 Å². The summed E-state index contributed by atoms with van der Waals surface area (Å²) in [6.07, 6.45) is 0. The Kier molecular flexibility index (Phi) is 5.39. The van der Waals surface area contributed by atoms with Crippen LogP contribution in [0.3, 0.4) is 0 Å². The fraction of sp³-hybridized carbons (Fsp3) is 0. The largest absolute Gasteiger partial charge is 0.373 e. The number of benzene rings is 7. The fourth-order valence-corrected chi connectivity index (χ4v) is 15.5. The van der Waals surface area contributed by atoms with Gasteiger partial charge >= 0.3 is 12.0 Å². The molecule has 0 bridgehead atoms. The van der Waals surface area contributed by atoms with Gasteiger partial charge in [0.2, 0.25) is 0 Å². The molecule has 7 aromatic rings. The van der Waals surface area contributed by atoms with Gasteiger partial charge in [0.1, 0.15) is 0 Å². The van der Waals surface area contributed by atoms with Crippen LogP contribution in [0.4, 0.5) is 0 Å². The van der Waals surface area contributed by atoms with Gasteiger partial charge in [-0.15, -0.1) is 79.1 Å². The highest BCUT2D eigenvalue weighted by molar-refractivity contribution is 9.13. The van der Waals surface area contributed by atoms with Gasteiger partial charge in [0.25, 0.3) is 0 Å². The second-order valence-electron chi connectivity index (χ2n) is 8.68. The van der Waals surface area contributed by atoms with Gasteiger partial charge < -0.3 is 0 Å². The van der Waals surface area contributed by atoms with Crippen LogP contribution >= 0.6 is 111 Å². The fourth-order valence-electron chi connectivity index (χ4n) is 5.82. The molecule has 0 aliphatic heterocycles. The predicted molar refractivity (Wildman–Crippen MR) is 174 cm³/mol. The predicted octanol–water partition coefficient (Wildman–Crippen LogP) is 10.5. The van der Waals surface area contributed by atoms with Crippen molar-refractivity contribution >= 4 is 198 Å². The van der Waals surface area contributed by atoms with Crippen molar-refractivity contribution in [2.75, 3.05) is 0 Å². The van der Waals surface area contributed by atoms with E-state index in [4.69, 9.17) is 79.1 Å². The molecule has 7 aromatic carbocycles. The normalized spacial score (nSPS) is 13.9. The van der Waals surface area contributed by atoms with Crippen molar-refractivity contribution in [2.45, 2.75) is 4.90 Å². The zero-order valence-electron chi connectivity index (χ0n) is 17.0. The van der Waals surface area contributed by atoms with Crippen LogP contribution in [0, 0.1) is 0 Å². The van der Waals surface area contributed by atoms with E-state index in [2.05, 4.69) is 68.3 Å². The summed E-state index contributed by atoms with van der Waals surface area (Å²) in [6, 6.07) is 7.72. The lowest BCUT2D eigenvalue weighted by Crippen LogP contribution is -2.51. The summed E-state index contributed by atoms with van der Waals surface area (Å²) in [5.41, 5.74) is 0. The molecule has 0 radical (unpaired) electrons. The molecule has 0 spiro atoms. The molecule has 0 nitrogen and oxygen atoms in total. The minimum absolute atomic E-state index is 0.513. The lowest BCUT2D eigenvalue weighted by atomic mass is 9.83. The van der Waals surface area contributed by atoms with Crippen LogP contribution in [0.25, 0.3) is 64.6 Å². The summed E-state index contributed by atoms with van der Waals surface area (Å²) in [5, 5.41) is 13.6. The van der Waals surface area contributed by atoms with Crippen LogP contribution < -0.4 is 10.4 Å². The summed E-state index contributed by atoms with van der Waals surface area (Å²) >= 11 is 53.4. The molecular weight excluding hydrogens is 749 g/mol. The Hall–Kier alpha value is 0.364. The highest BCUT2D eigenvalue weighted by Gasteiger charge is 2.45. The van der Waals surface area contributed by atoms with Crippen LogP contribution in [-0.2, 0) is 0 Å². The van der Waals surface area contributed by atoms with E-state index < -0.39 is 12.0 Å². The van der Waals surface area contributed by atoms with Gasteiger partial charge in [-0.25, -0.2) is 0 Å². The molecule has 0 fully saturated rings. The third-order valence-electron chi connectivity index (χ3n) is 6.96. The molecule has 0 saturated carbocycles. The van der Waals surface area contributed by atoms with E-state index in [0.717, 1.165) is 62.8 Å². The van der Waals surface area contributed by atoms with E-state index >= 15 is 0 Å². The average molecular weight is 757 g/mol. The van der Waals surface area contributed by atoms with Crippen LogP contribution in [-0.4, -0.2) is 12.0 Å².